The Labute approximate surface area is 118 Å². The van der Waals surface area contributed by atoms with Crippen LogP contribution in [0.5, 0.6) is 0 Å². The molecule has 0 aliphatic rings. The molecule has 0 bridgehead atoms. The molecule has 0 saturated carbocycles. The van der Waals surface area contributed by atoms with Crippen molar-refractivity contribution in [1.82, 2.24) is 19.5 Å². The number of hydrogen-bond donors (Lipinski definition) is 1. The molecule has 0 amide bonds. The van der Waals surface area contributed by atoms with Crippen LogP contribution in [0.3, 0.4) is 0 Å². The molecule has 0 aromatic carbocycles. The van der Waals surface area contributed by atoms with Crippen molar-refractivity contribution in [3.05, 3.63) is 36.9 Å². The smallest absolute Gasteiger partial charge is 0.309 e. The number of aromatic nitrogens is 4. The first-order chi connectivity index (χ1) is 9.70. The maximum absolute atomic E-state index is 12.0. The van der Waals surface area contributed by atoms with Gasteiger partial charge in [0.1, 0.15) is 12.4 Å². The van der Waals surface area contributed by atoms with Crippen LogP contribution >= 0.6 is 0 Å². The molecule has 2 rings (SSSR count). The second kappa shape index (κ2) is 6.88. The van der Waals surface area contributed by atoms with Crippen LogP contribution in [0.4, 0.5) is 0 Å². The first-order valence-corrected chi connectivity index (χ1v) is 6.83. The van der Waals surface area contributed by atoms with Crippen LogP contribution in [0.25, 0.3) is 0 Å². The number of H-pyrrole nitrogens is 1. The fraction of sp³-hybridized carbons (Fsp3) is 0.500. The van der Waals surface area contributed by atoms with Crippen LogP contribution in [-0.2, 0) is 16.1 Å². The van der Waals surface area contributed by atoms with Crippen molar-refractivity contribution in [2.75, 3.05) is 0 Å². The third-order valence-electron chi connectivity index (χ3n) is 3.35. The molecule has 0 radical (unpaired) electrons. The van der Waals surface area contributed by atoms with E-state index < -0.39 is 0 Å². The number of carbonyl (C=O) groups excluding carboxylic acids is 1. The van der Waals surface area contributed by atoms with Crippen molar-refractivity contribution in [1.29, 1.82) is 0 Å². The van der Waals surface area contributed by atoms with Crippen molar-refractivity contribution in [2.45, 2.75) is 39.3 Å². The minimum atomic E-state index is -0.194. The van der Waals surface area contributed by atoms with Gasteiger partial charge in [-0.15, -0.1) is 0 Å². The zero-order chi connectivity index (χ0) is 14.4. The lowest BCUT2D eigenvalue weighted by Gasteiger charge is -2.20. The fourth-order valence-electron chi connectivity index (χ4n) is 2.15. The minimum absolute atomic E-state index is 0.155. The molecule has 6 heteroatoms. The fourth-order valence-corrected chi connectivity index (χ4v) is 2.15. The number of imidazole rings is 2. The Kier molecular flexibility index (Phi) is 4.92. The summed E-state index contributed by atoms with van der Waals surface area (Å²) >= 11 is 0. The van der Waals surface area contributed by atoms with E-state index in [0.717, 1.165) is 12.8 Å². The van der Waals surface area contributed by atoms with Crippen LogP contribution in [0.2, 0.25) is 0 Å². The molecule has 6 nitrogen and oxygen atoms in total. The number of ether oxygens (including phenoxy) is 1. The van der Waals surface area contributed by atoms with Crippen LogP contribution in [0, 0.1) is 5.92 Å². The van der Waals surface area contributed by atoms with E-state index in [-0.39, 0.29) is 24.5 Å². The van der Waals surface area contributed by atoms with Crippen LogP contribution in [0.15, 0.2) is 31.1 Å². The lowest BCUT2D eigenvalue weighted by atomic mass is 10.00. The number of rotatable bonds is 7. The van der Waals surface area contributed by atoms with E-state index in [9.17, 15) is 4.79 Å². The normalized spacial score (nSPS) is 13.9. The highest BCUT2D eigenvalue weighted by Gasteiger charge is 2.20. The van der Waals surface area contributed by atoms with Gasteiger partial charge in [-0.2, -0.15) is 0 Å². The Morgan fingerprint density at radius 1 is 1.50 bits per heavy atom. The molecular weight excluding hydrogens is 256 g/mol. The van der Waals surface area contributed by atoms with Gasteiger partial charge in [-0.1, -0.05) is 13.8 Å². The summed E-state index contributed by atoms with van der Waals surface area (Å²) in [6.07, 6.45) is 10.5. The number of nitrogens with one attached hydrogen (secondary N) is 1. The SMILES string of the molecule is CCC(CC(C)C(=O)OCc1ncc[nH]1)n1ccnc1. The Bertz CT molecular complexity index is 507. The molecule has 20 heavy (non-hydrogen) atoms. The summed E-state index contributed by atoms with van der Waals surface area (Å²) < 4.78 is 7.29. The second-order valence-electron chi connectivity index (χ2n) is 4.85. The number of hydrogen-bond acceptors (Lipinski definition) is 4. The monoisotopic (exact) mass is 276 g/mol. The topological polar surface area (TPSA) is 72.8 Å². The summed E-state index contributed by atoms with van der Waals surface area (Å²) in [6.45, 7) is 4.19. The van der Waals surface area contributed by atoms with Gasteiger partial charge in [-0.05, 0) is 12.8 Å². The maximum Gasteiger partial charge on any atom is 0.309 e. The highest BCUT2D eigenvalue weighted by molar-refractivity contribution is 5.71. The van der Waals surface area contributed by atoms with Crippen molar-refractivity contribution in [2.24, 2.45) is 5.92 Å². The minimum Gasteiger partial charge on any atom is -0.457 e. The van der Waals surface area contributed by atoms with Gasteiger partial charge < -0.3 is 14.3 Å². The molecule has 2 unspecified atom stereocenters. The molecule has 2 aromatic heterocycles. The molecule has 0 aliphatic heterocycles. The lowest BCUT2D eigenvalue weighted by molar-refractivity contribution is -0.150. The summed E-state index contributed by atoms with van der Waals surface area (Å²) in [5.41, 5.74) is 0. The highest BCUT2D eigenvalue weighted by Crippen LogP contribution is 2.21. The van der Waals surface area contributed by atoms with E-state index in [1.54, 1.807) is 24.9 Å². The molecule has 1 N–H and O–H groups in total. The van der Waals surface area contributed by atoms with E-state index in [2.05, 4.69) is 21.9 Å². The average molecular weight is 276 g/mol. The van der Waals surface area contributed by atoms with Gasteiger partial charge >= 0.3 is 5.97 Å². The van der Waals surface area contributed by atoms with Gasteiger partial charge in [0.2, 0.25) is 0 Å². The summed E-state index contributed by atoms with van der Waals surface area (Å²) in [4.78, 5) is 22.9. The van der Waals surface area contributed by atoms with Gasteiger partial charge in [-0.25, -0.2) is 9.97 Å². The zero-order valence-electron chi connectivity index (χ0n) is 11.8. The molecule has 2 atom stereocenters. The molecule has 0 aliphatic carbocycles. The third-order valence-corrected chi connectivity index (χ3v) is 3.35. The van der Waals surface area contributed by atoms with Crippen LogP contribution < -0.4 is 0 Å². The van der Waals surface area contributed by atoms with Gasteiger partial charge in [0, 0.05) is 30.8 Å². The summed E-state index contributed by atoms with van der Waals surface area (Å²) in [5.74, 6) is 0.310. The number of aromatic amines is 1. The Balaban J connectivity index is 1.83. The molecular formula is C14H20N4O2. The Morgan fingerprint density at radius 3 is 2.95 bits per heavy atom. The molecule has 0 fully saturated rings. The molecule has 0 saturated heterocycles. The Hall–Kier alpha value is -2.11. The maximum atomic E-state index is 12.0. The van der Waals surface area contributed by atoms with Crippen LogP contribution in [0.1, 0.15) is 38.6 Å². The second-order valence-corrected chi connectivity index (χ2v) is 4.85. The van der Waals surface area contributed by atoms with Crippen molar-refractivity contribution < 1.29 is 9.53 Å². The van der Waals surface area contributed by atoms with Gasteiger partial charge in [0.05, 0.1) is 12.2 Å². The predicted octanol–water partition coefficient (Wildman–Crippen LogP) is 2.33. The van der Waals surface area contributed by atoms with E-state index in [4.69, 9.17) is 4.74 Å². The number of nitrogens with zero attached hydrogens (tertiary/aromatic N) is 3. The van der Waals surface area contributed by atoms with Gasteiger partial charge in [0.25, 0.3) is 0 Å². The molecule has 0 spiro atoms. The first kappa shape index (κ1) is 14.3. The van der Waals surface area contributed by atoms with E-state index in [1.165, 1.54) is 0 Å². The number of esters is 1. The van der Waals surface area contributed by atoms with Crippen molar-refractivity contribution >= 4 is 5.97 Å². The third kappa shape index (κ3) is 3.69. The lowest BCUT2D eigenvalue weighted by Crippen LogP contribution is -2.19. The molecule has 2 aromatic rings. The van der Waals surface area contributed by atoms with E-state index in [1.807, 2.05) is 17.7 Å². The molecule has 108 valence electrons. The van der Waals surface area contributed by atoms with E-state index in [0.29, 0.717) is 5.82 Å². The van der Waals surface area contributed by atoms with Gasteiger partial charge in [-0.3, -0.25) is 4.79 Å². The largest absolute Gasteiger partial charge is 0.457 e. The quantitative estimate of drug-likeness (QED) is 0.788. The van der Waals surface area contributed by atoms with E-state index >= 15 is 0 Å². The standard InChI is InChI=1S/C14H20N4O2/c1-3-12(18-7-6-15-10-18)8-11(2)14(19)20-9-13-16-4-5-17-13/h4-7,10-12H,3,8-9H2,1-2H3,(H,16,17). The summed E-state index contributed by atoms with van der Waals surface area (Å²) in [6, 6.07) is 0.267. The molecule has 2 heterocycles. The van der Waals surface area contributed by atoms with Gasteiger partial charge in [0.15, 0.2) is 0 Å². The Morgan fingerprint density at radius 2 is 2.35 bits per heavy atom. The first-order valence-electron chi connectivity index (χ1n) is 6.83. The predicted molar refractivity (Wildman–Crippen MR) is 73.7 cm³/mol. The summed E-state index contributed by atoms with van der Waals surface area (Å²) in [5, 5.41) is 0. The highest BCUT2D eigenvalue weighted by atomic mass is 16.5. The van der Waals surface area contributed by atoms with Crippen LogP contribution in [-0.4, -0.2) is 25.5 Å². The average Bonchev–Trinajstić information content (AvgIpc) is 3.14. The zero-order valence-corrected chi connectivity index (χ0v) is 11.8. The van der Waals surface area contributed by atoms with Crippen molar-refractivity contribution in [3.63, 3.8) is 0 Å². The van der Waals surface area contributed by atoms with Crippen molar-refractivity contribution in [3.8, 4) is 0 Å². The number of carbonyl (C=O) groups is 1. The summed E-state index contributed by atoms with van der Waals surface area (Å²) in [7, 11) is 0.